The third-order valence-corrected chi connectivity index (χ3v) is 7.73. The molecule has 1 unspecified atom stereocenters. The molecular formula is C30H35F2N7O. The van der Waals surface area contributed by atoms with E-state index in [-0.39, 0.29) is 35.0 Å². The molecule has 0 saturated carbocycles. The first-order valence-corrected chi connectivity index (χ1v) is 13.7. The molecule has 5 rings (SSSR count). The van der Waals surface area contributed by atoms with Gasteiger partial charge in [0.2, 0.25) is 5.95 Å². The molecule has 40 heavy (non-hydrogen) atoms. The maximum absolute atomic E-state index is 15.1. The molecule has 0 aliphatic carbocycles. The van der Waals surface area contributed by atoms with Gasteiger partial charge in [-0.25, -0.2) is 18.7 Å². The first-order chi connectivity index (χ1) is 19.2. The summed E-state index contributed by atoms with van der Waals surface area (Å²) in [6.07, 6.45) is 3.14. The van der Waals surface area contributed by atoms with E-state index in [0.29, 0.717) is 29.6 Å². The Labute approximate surface area is 234 Å². The summed E-state index contributed by atoms with van der Waals surface area (Å²) < 4.78 is 35.8. The lowest BCUT2D eigenvalue weighted by molar-refractivity contribution is 0.249. The van der Waals surface area contributed by atoms with Crippen LogP contribution in [0.3, 0.4) is 0 Å². The number of hydrogen-bond acceptors (Lipinski definition) is 8. The molecule has 0 amide bonds. The number of anilines is 4. The number of nitrogens with one attached hydrogen (secondary N) is 1. The Kier molecular flexibility index (Phi) is 7.76. The smallest absolute Gasteiger partial charge is 0.227 e. The molecule has 210 valence electrons. The predicted molar refractivity (Wildman–Crippen MR) is 153 cm³/mol. The van der Waals surface area contributed by atoms with Crippen LogP contribution in [0.2, 0.25) is 0 Å². The van der Waals surface area contributed by atoms with E-state index < -0.39 is 11.6 Å². The van der Waals surface area contributed by atoms with Gasteiger partial charge in [-0.2, -0.15) is 5.26 Å². The van der Waals surface area contributed by atoms with Crippen LogP contribution in [0.1, 0.15) is 39.2 Å². The highest BCUT2D eigenvalue weighted by Gasteiger charge is 2.30. The summed E-state index contributed by atoms with van der Waals surface area (Å²) >= 11 is 0. The summed E-state index contributed by atoms with van der Waals surface area (Å²) in [5, 5.41) is 13.0. The van der Waals surface area contributed by atoms with E-state index >= 15 is 4.39 Å². The molecule has 0 spiro atoms. The molecule has 1 fully saturated rings. The molecule has 1 atom stereocenters. The van der Waals surface area contributed by atoms with Crippen molar-refractivity contribution in [1.82, 2.24) is 14.9 Å². The maximum Gasteiger partial charge on any atom is 0.227 e. The topological polar surface area (TPSA) is 80.6 Å². The number of aromatic nitrogens is 2. The highest BCUT2D eigenvalue weighted by atomic mass is 19.1. The minimum atomic E-state index is -0.667. The van der Waals surface area contributed by atoms with Crippen molar-refractivity contribution >= 4 is 23.0 Å². The van der Waals surface area contributed by atoms with Gasteiger partial charge in [-0.05, 0) is 78.0 Å². The van der Waals surface area contributed by atoms with Gasteiger partial charge in [-0.15, -0.1) is 0 Å². The molecule has 2 aliphatic heterocycles. The van der Waals surface area contributed by atoms with Crippen molar-refractivity contribution < 1.29 is 13.5 Å². The molecule has 10 heteroatoms. The number of hydrogen-bond donors (Lipinski definition) is 1. The third kappa shape index (κ3) is 5.39. The van der Waals surface area contributed by atoms with Crippen molar-refractivity contribution in [2.75, 3.05) is 48.9 Å². The Morgan fingerprint density at radius 3 is 2.52 bits per heavy atom. The first kappa shape index (κ1) is 27.6. The zero-order valence-corrected chi connectivity index (χ0v) is 23.6. The third-order valence-electron chi connectivity index (χ3n) is 7.73. The zero-order chi connectivity index (χ0) is 28.6. The van der Waals surface area contributed by atoms with Crippen LogP contribution < -0.4 is 19.9 Å². The van der Waals surface area contributed by atoms with E-state index in [1.807, 2.05) is 32.9 Å². The normalized spacial score (nSPS) is 17.6. The zero-order valence-electron chi connectivity index (χ0n) is 23.6. The molecule has 2 aromatic carbocycles. The van der Waals surface area contributed by atoms with Crippen molar-refractivity contribution in [3.63, 3.8) is 0 Å². The molecular weight excluding hydrogens is 512 g/mol. The van der Waals surface area contributed by atoms with Crippen LogP contribution in [0, 0.1) is 23.0 Å². The van der Waals surface area contributed by atoms with Gasteiger partial charge >= 0.3 is 0 Å². The standard InChI is InChI=1S/C30H35F2N7O/c1-18(2)39-19(3)17-40-29-24(31)13-20(14-27(29)39)28-25(32)16-34-30(36-28)35-22-6-7-26(21(12-22)15-33)38-10-8-23(9-11-38)37(4)5/h6-7,12-14,16,18-19,23H,8-11,17H2,1-5H3,(H,34,35,36). The lowest BCUT2D eigenvalue weighted by Crippen LogP contribution is -2.45. The molecule has 8 nitrogen and oxygen atoms in total. The van der Waals surface area contributed by atoms with Crippen molar-refractivity contribution in [2.45, 2.75) is 51.7 Å². The van der Waals surface area contributed by atoms with Crippen LogP contribution in [-0.2, 0) is 0 Å². The van der Waals surface area contributed by atoms with Gasteiger partial charge in [0.15, 0.2) is 17.4 Å². The largest absolute Gasteiger partial charge is 0.486 e. The fourth-order valence-electron chi connectivity index (χ4n) is 5.72. The second-order valence-electron chi connectivity index (χ2n) is 11.0. The summed E-state index contributed by atoms with van der Waals surface area (Å²) in [6.45, 7) is 8.18. The number of rotatable bonds is 6. The SMILES string of the molecule is CC(C)N1c2cc(-c3nc(Nc4ccc(N5CCC(N(C)C)CC5)c(C#N)c4)ncc3F)cc(F)c2OCC1C. The first-order valence-electron chi connectivity index (χ1n) is 13.7. The summed E-state index contributed by atoms with van der Waals surface area (Å²) in [7, 11) is 4.20. The Morgan fingerprint density at radius 2 is 1.85 bits per heavy atom. The number of piperidine rings is 1. The van der Waals surface area contributed by atoms with E-state index in [4.69, 9.17) is 4.74 Å². The Bertz CT molecular complexity index is 1430. The van der Waals surface area contributed by atoms with E-state index in [0.717, 1.165) is 37.8 Å². The average molecular weight is 548 g/mol. The minimum absolute atomic E-state index is 0.0259. The van der Waals surface area contributed by atoms with Gasteiger partial charge in [0.1, 0.15) is 18.4 Å². The van der Waals surface area contributed by atoms with Crippen molar-refractivity contribution in [3.05, 3.63) is 53.7 Å². The van der Waals surface area contributed by atoms with Crippen LogP contribution in [0.15, 0.2) is 36.5 Å². The second-order valence-corrected chi connectivity index (χ2v) is 11.0. The maximum atomic E-state index is 15.1. The van der Waals surface area contributed by atoms with Crippen molar-refractivity contribution in [3.8, 4) is 23.1 Å². The predicted octanol–water partition coefficient (Wildman–Crippen LogP) is 5.56. The fourth-order valence-corrected chi connectivity index (χ4v) is 5.72. The van der Waals surface area contributed by atoms with Gasteiger partial charge in [0, 0.05) is 36.4 Å². The molecule has 1 N–H and O–H groups in total. The lowest BCUT2D eigenvalue weighted by Gasteiger charge is -2.40. The van der Waals surface area contributed by atoms with Crippen molar-refractivity contribution in [2.24, 2.45) is 0 Å². The molecule has 1 aromatic heterocycles. The number of fused-ring (bicyclic) bond motifs is 1. The molecule has 2 aliphatic rings. The molecule has 1 saturated heterocycles. The second kappa shape index (κ2) is 11.3. The molecule has 0 bridgehead atoms. The van der Waals surface area contributed by atoms with E-state index in [1.165, 1.54) is 6.07 Å². The minimum Gasteiger partial charge on any atom is -0.486 e. The average Bonchev–Trinajstić information content (AvgIpc) is 2.93. The fraction of sp³-hybridized carbons (Fsp3) is 0.433. The van der Waals surface area contributed by atoms with Crippen LogP contribution in [0.4, 0.5) is 31.8 Å². The van der Waals surface area contributed by atoms with Gasteiger partial charge in [0.25, 0.3) is 0 Å². The molecule has 3 aromatic rings. The Balaban J connectivity index is 1.41. The van der Waals surface area contributed by atoms with Gasteiger partial charge in [-0.3, -0.25) is 0 Å². The van der Waals surface area contributed by atoms with Crippen LogP contribution in [0.5, 0.6) is 5.75 Å². The highest BCUT2D eigenvalue weighted by Crippen LogP contribution is 2.41. The number of benzene rings is 2. The van der Waals surface area contributed by atoms with E-state index in [2.05, 4.69) is 50.1 Å². The molecule has 3 heterocycles. The summed E-state index contributed by atoms with van der Waals surface area (Å²) in [4.78, 5) is 15.0. The number of ether oxygens (including phenoxy) is 1. The summed E-state index contributed by atoms with van der Waals surface area (Å²) in [6, 6.07) is 11.4. The number of nitrogens with zero attached hydrogens (tertiary/aromatic N) is 6. The molecule has 0 radical (unpaired) electrons. The number of nitriles is 1. The van der Waals surface area contributed by atoms with Gasteiger partial charge in [0.05, 0.1) is 29.2 Å². The summed E-state index contributed by atoms with van der Waals surface area (Å²) in [5.41, 5.74) is 2.86. The van der Waals surface area contributed by atoms with Crippen LogP contribution in [-0.4, -0.2) is 66.8 Å². The summed E-state index contributed by atoms with van der Waals surface area (Å²) in [5.74, 6) is -0.928. The quantitative estimate of drug-likeness (QED) is 0.430. The van der Waals surface area contributed by atoms with Crippen LogP contribution >= 0.6 is 0 Å². The van der Waals surface area contributed by atoms with Crippen molar-refractivity contribution in [1.29, 1.82) is 5.26 Å². The number of halogens is 2. The Morgan fingerprint density at radius 1 is 1.10 bits per heavy atom. The lowest BCUT2D eigenvalue weighted by atomic mass is 10.0. The highest BCUT2D eigenvalue weighted by molar-refractivity contribution is 5.74. The van der Waals surface area contributed by atoms with Gasteiger partial charge < -0.3 is 24.8 Å². The van der Waals surface area contributed by atoms with E-state index in [9.17, 15) is 9.65 Å². The van der Waals surface area contributed by atoms with Crippen LogP contribution in [0.25, 0.3) is 11.3 Å². The Hall–Kier alpha value is -3.97. The van der Waals surface area contributed by atoms with Gasteiger partial charge in [-0.1, -0.05) is 0 Å². The van der Waals surface area contributed by atoms with E-state index in [1.54, 1.807) is 12.1 Å². The monoisotopic (exact) mass is 547 g/mol.